The maximum absolute atomic E-state index is 7.80. The number of hydrogen-bond donors (Lipinski definition) is 3. The topological polar surface area (TPSA) is 109 Å². The van der Waals surface area contributed by atoms with Crippen LogP contribution < -0.4 is 11.5 Å². The van der Waals surface area contributed by atoms with Gasteiger partial charge in [0.15, 0.2) is 0 Å². The molecule has 5 N–H and O–H groups in total. The van der Waals surface area contributed by atoms with Crippen LogP contribution in [0.2, 0.25) is 0 Å². The smallest absolute Gasteiger partial charge is 0.206 e. The Morgan fingerprint density at radius 3 is 1.89 bits per heavy atom. The lowest BCUT2D eigenvalue weighted by molar-refractivity contribution is -0.713. The molecule has 0 saturated carbocycles. The lowest BCUT2D eigenvalue weighted by atomic mass is 10.1. The fourth-order valence-corrected chi connectivity index (χ4v) is 1.84. The van der Waals surface area contributed by atoms with Crippen LogP contribution in [0.15, 0.2) is 0 Å². The first-order valence-corrected chi connectivity index (χ1v) is 7.02. The van der Waals surface area contributed by atoms with E-state index in [0.717, 1.165) is 12.8 Å². The minimum absolute atomic E-state index is 0.428. The molecule has 0 spiro atoms. The van der Waals surface area contributed by atoms with Crippen LogP contribution in [-0.2, 0) is 20.0 Å². The Morgan fingerprint density at radius 2 is 1.37 bits per heavy atom. The van der Waals surface area contributed by atoms with Crippen molar-refractivity contribution in [2.75, 3.05) is 0 Å². The summed E-state index contributed by atoms with van der Waals surface area (Å²) in [5, 5.41) is 18.6. The Labute approximate surface area is 114 Å². The van der Waals surface area contributed by atoms with E-state index in [1.54, 1.807) is 0 Å². The van der Waals surface area contributed by atoms with E-state index < -0.39 is 5.85 Å². The van der Waals surface area contributed by atoms with Gasteiger partial charge in [-0.3, -0.25) is 11.5 Å². The van der Waals surface area contributed by atoms with Crippen LogP contribution in [0, 0.1) is 0 Å². The fraction of sp³-hybridized carbons (Fsp3) is 1.00. The first kappa shape index (κ1) is 18.7. The van der Waals surface area contributed by atoms with Gasteiger partial charge in [0, 0.05) is 6.42 Å². The first-order valence-electron chi connectivity index (χ1n) is 7.02. The normalized spacial score (nSPS) is 12.0. The molecule has 116 valence electrons. The minimum atomic E-state index is -1.44. The highest BCUT2D eigenvalue weighted by Gasteiger charge is 2.21. The van der Waals surface area contributed by atoms with E-state index in [-0.39, 0.29) is 0 Å². The summed E-state index contributed by atoms with van der Waals surface area (Å²) in [7, 11) is 0. The van der Waals surface area contributed by atoms with Crippen LogP contribution in [-0.4, -0.2) is 11.1 Å². The summed E-state index contributed by atoms with van der Waals surface area (Å²) < 4.78 is 0. The molecule has 0 aliphatic heterocycles. The van der Waals surface area contributed by atoms with Crippen molar-refractivity contribution in [3.63, 3.8) is 0 Å². The van der Waals surface area contributed by atoms with Crippen LogP contribution in [0.1, 0.15) is 71.1 Å². The largest absolute Gasteiger partial charge is 0.288 e. The van der Waals surface area contributed by atoms with Crippen LogP contribution in [0.5, 0.6) is 0 Å². The second-order valence-electron chi connectivity index (χ2n) is 4.83. The molecule has 0 heterocycles. The van der Waals surface area contributed by atoms with Crippen molar-refractivity contribution in [1.82, 2.24) is 0 Å². The summed E-state index contributed by atoms with van der Waals surface area (Å²) in [6.07, 6.45) is 11.3. The zero-order valence-electron chi connectivity index (χ0n) is 11.8. The van der Waals surface area contributed by atoms with Gasteiger partial charge in [-0.2, -0.15) is 4.89 Å². The van der Waals surface area contributed by atoms with Crippen LogP contribution in [0.4, 0.5) is 0 Å². The van der Waals surface area contributed by atoms with Crippen molar-refractivity contribution in [3.8, 4) is 0 Å². The lowest BCUT2D eigenvalue weighted by Gasteiger charge is -2.20. The molecule has 0 aromatic heterocycles. The molecule has 0 aromatic carbocycles. The molecule has 0 radical (unpaired) electrons. The van der Waals surface area contributed by atoms with Gasteiger partial charge in [0.1, 0.15) is 0 Å². The van der Waals surface area contributed by atoms with Gasteiger partial charge in [-0.05, 0) is 21.5 Å². The molecule has 0 amide bonds. The maximum atomic E-state index is 7.80. The number of unbranched alkanes of at least 4 members (excludes halogenated alkanes) is 8. The molecule has 0 bridgehead atoms. The van der Waals surface area contributed by atoms with Crippen molar-refractivity contribution in [2.45, 2.75) is 77.0 Å². The van der Waals surface area contributed by atoms with Gasteiger partial charge >= 0.3 is 0 Å². The molecule has 0 aliphatic rings. The van der Waals surface area contributed by atoms with Gasteiger partial charge in [-0.1, -0.05) is 58.3 Å². The summed E-state index contributed by atoms with van der Waals surface area (Å²) in [4.78, 5) is 4.49. The molecule has 0 atom stereocenters. The predicted octanol–water partition coefficient (Wildman–Crippen LogP) is 2.76. The van der Waals surface area contributed by atoms with Gasteiger partial charge in [0.05, 0.1) is 0 Å². The van der Waals surface area contributed by atoms with Crippen LogP contribution in [0.3, 0.4) is 0 Å². The van der Waals surface area contributed by atoms with Crippen molar-refractivity contribution >= 4 is 0 Å². The Kier molecular flexibility index (Phi) is 12.6. The Morgan fingerprint density at radius 1 is 0.842 bits per heavy atom. The van der Waals surface area contributed by atoms with E-state index in [9.17, 15) is 0 Å². The van der Waals surface area contributed by atoms with Crippen LogP contribution in [0.25, 0.3) is 0 Å². The average Bonchev–Trinajstić information content (AvgIpc) is 2.37. The van der Waals surface area contributed by atoms with Gasteiger partial charge in [0.2, 0.25) is 5.85 Å². The predicted molar refractivity (Wildman–Crippen MR) is 69.9 cm³/mol. The third kappa shape index (κ3) is 13.9. The van der Waals surface area contributed by atoms with Crippen LogP contribution >= 0.6 is 0 Å². The van der Waals surface area contributed by atoms with Crippen molar-refractivity contribution < 1.29 is 25.3 Å². The Hall–Kier alpha value is -0.280. The molecular weight excluding hydrogens is 252 g/mol. The van der Waals surface area contributed by atoms with Crippen molar-refractivity contribution in [1.29, 1.82) is 0 Å². The highest BCUT2D eigenvalue weighted by molar-refractivity contribution is 4.62. The van der Waals surface area contributed by atoms with E-state index >= 15 is 0 Å². The van der Waals surface area contributed by atoms with E-state index in [2.05, 4.69) is 26.9 Å². The SMILES string of the molecule is CCCCCCCCCCCC(N)(N)OOOOO. The monoisotopic (exact) mass is 280 g/mol. The standard InChI is InChI=1S/C12H28N2O5/c1-2-3-4-5-6-7-8-9-10-11-12(13,14)16-18-19-17-15/h15H,2-11,13-14H2,1H3. The van der Waals surface area contributed by atoms with E-state index in [1.807, 2.05) is 0 Å². The molecule has 0 fully saturated rings. The van der Waals surface area contributed by atoms with Gasteiger partial charge < -0.3 is 0 Å². The zero-order chi connectivity index (χ0) is 14.4. The molecule has 7 heteroatoms. The molecular formula is C12H28N2O5. The summed E-state index contributed by atoms with van der Waals surface area (Å²) in [5.41, 5.74) is 11.1. The lowest BCUT2D eigenvalue weighted by Crippen LogP contribution is -2.51. The van der Waals surface area contributed by atoms with Crippen molar-refractivity contribution in [3.05, 3.63) is 0 Å². The Balaban J connectivity index is 3.27. The molecule has 0 rings (SSSR count). The second kappa shape index (κ2) is 12.7. The molecule has 0 saturated heterocycles. The number of hydrogen-bond acceptors (Lipinski definition) is 7. The van der Waals surface area contributed by atoms with Gasteiger partial charge in [0.25, 0.3) is 0 Å². The van der Waals surface area contributed by atoms with E-state index in [4.69, 9.17) is 16.7 Å². The minimum Gasteiger partial charge on any atom is -0.288 e. The zero-order valence-corrected chi connectivity index (χ0v) is 11.8. The third-order valence-corrected chi connectivity index (χ3v) is 2.92. The summed E-state index contributed by atoms with van der Waals surface area (Å²) >= 11 is 0. The maximum Gasteiger partial charge on any atom is 0.206 e. The molecule has 7 nitrogen and oxygen atoms in total. The highest BCUT2D eigenvalue weighted by atomic mass is 17.8. The van der Waals surface area contributed by atoms with Gasteiger partial charge in [-0.25, -0.2) is 5.26 Å². The summed E-state index contributed by atoms with van der Waals surface area (Å²) in [6, 6.07) is 0. The summed E-state index contributed by atoms with van der Waals surface area (Å²) in [5.74, 6) is -1.44. The van der Waals surface area contributed by atoms with Crippen molar-refractivity contribution in [2.24, 2.45) is 11.5 Å². The molecule has 0 aliphatic carbocycles. The molecule has 0 aromatic rings. The quantitative estimate of drug-likeness (QED) is 0.194. The highest BCUT2D eigenvalue weighted by Crippen LogP contribution is 2.13. The number of rotatable bonds is 14. The van der Waals surface area contributed by atoms with E-state index in [1.165, 1.54) is 44.9 Å². The number of nitrogens with two attached hydrogens (primary N) is 2. The third-order valence-electron chi connectivity index (χ3n) is 2.92. The Bertz CT molecular complexity index is 193. The fourth-order valence-electron chi connectivity index (χ4n) is 1.84. The molecule has 0 unspecified atom stereocenters. The van der Waals surface area contributed by atoms with Gasteiger partial charge in [-0.15, -0.1) is 0 Å². The first-order chi connectivity index (χ1) is 9.12. The average molecular weight is 280 g/mol. The summed E-state index contributed by atoms with van der Waals surface area (Å²) in [6.45, 7) is 2.22. The second-order valence-corrected chi connectivity index (χ2v) is 4.83. The van der Waals surface area contributed by atoms with E-state index in [0.29, 0.717) is 6.42 Å². The molecule has 19 heavy (non-hydrogen) atoms.